The molecular formula is C15H23N3O. The van der Waals surface area contributed by atoms with Crippen molar-refractivity contribution in [3.63, 3.8) is 0 Å². The minimum atomic E-state index is -0.235. The van der Waals surface area contributed by atoms with Crippen LogP contribution >= 0.6 is 0 Å². The van der Waals surface area contributed by atoms with E-state index >= 15 is 0 Å². The molecule has 0 atom stereocenters. The fourth-order valence-corrected chi connectivity index (χ4v) is 2.47. The van der Waals surface area contributed by atoms with Crippen LogP contribution in [0.1, 0.15) is 42.6 Å². The van der Waals surface area contributed by atoms with E-state index in [0.717, 1.165) is 19.6 Å². The second-order valence-electron chi connectivity index (χ2n) is 6.11. The zero-order valence-electron chi connectivity index (χ0n) is 11.8. The van der Waals surface area contributed by atoms with Gasteiger partial charge >= 0.3 is 0 Å². The molecule has 4 nitrogen and oxygen atoms in total. The molecule has 1 heterocycles. The maximum absolute atomic E-state index is 11.5. The number of amides is 1. The molecular weight excluding hydrogens is 238 g/mol. The Kier molecular flexibility index (Phi) is 4.22. The SMILES string of the molecule is CC1(C)CCN(Cc2cccc(C(=O)NN)c2)CC1. The number of carbonyl (C=O) groups excluding carboxylic acids is 1. The van der Waals surface area contributed by atoms with Gasteiger partial charge in [-0.2, -0.15) is 0 Å². The van der Waals surface area contributed by atoms with Gasteiger partial charge in [-0.05, 0) is 49.0 Å². The largest absolute Gasteiger partial charge is 0.299 e. The van der Waals surface area contributed by atoms with Crippen LogP contribution in [0.15, 0.2) is 24.3 Å². The minimum absolute atomic E-state index is 0.235. The maximum Gasteiger partial charge on any atom is 0.265 e. The molecule has 104 valence electrons. The fourth-order valence-electron chi connectivity index (χ4n) is 2.47. The monoisotopic (exact) mass is 261 g/mol. The lowest BCUT2D eigenvalue weighted by atomic mass is 9.82. The normalized spacial score (nSPS) is 19.1. The van der Waals surface area contributed by atoms with Crippen molar-refractivity contribution in [2.45, 2.75) is 33.2 Å². The van der Waals surface area contributed by atoms with Crippen LogP contribution in [-0.2, 0) is 6.54 Å². The van der Waals surface area contributed by atoms with Gasteiger partial charge in [-0.25, -0.2) is 5.84 Å². The average Bonchev–Trinajstić information content (AvgIpc) is 2.41. The summed E-state index contributed by atoms with van der Waals surface area (Å²) in [4.78, 5) is 13.9. The Labute approximate surface area is 114 Å². The Morgan fingerprint density at radius 1 is 1.37 bits per heavy atom. The zero-order chi connectivity index (χ0) is 13.9. The Balaban J connectivity index is 1.98. The molecule has 0 spiro atoms. The van der Waals surface area contributed by atoms with E-state index in [1.54, 1.807) is 6.07 Å². The van der Waals surface area contributed by atoms with Crippen LogP contribution in [0.4, 0.5) is 0 Å². The molecule has 1 saturated heterocycles. The topological polar surface area (TPSA) is 58.4 Å². The lowest BCUT2D eigenvalue weighted by Crippen LogP contribution is -2.36. The molecule has 1 aliphatic rings. The van der Waals surface area contributed by atoms with E-state index < -0.39 is 0 Å². The van der Waals surface area contributed by atoms with Gasteiger partial charge in [0.25, 0.3) is 5.91 Å². The second kappa shape index (κ2) is 5.72. The van der Waals surface area contributed by atoms with Crippen molar-refractivity contribution >= 4 is 5.91 Å². The quantitative estimate of drug-likeness (QED) is 0.496. The summed E-state index contributed by atoms with van der Waals surface area (Å²) in [5.74, 6) is 4.92. The molecule has 1 aromatic carbocycles. The van der Waals surface area contributed by atoms with Crippen LogP contribution in [0, 0.1) is 5.41 Å². The third-order valence-electron chi connectivity index (χ3n) is 3.94. The third kappa shape index (κ3) is 3.78. The molecule has 0 bridgehead atoms. The predicted molar refractivity (Wildman–Crippen MR) is 76.4 cm³/mol. The fraction of sp³-hybridized carbons (Fsp3) is 0.533. The van der Waals surface area contributed by atoms with Crippen LogP contribution < -0.4 is 11.3 Å². The molecule has 2 rings (SSSR count). The van der Waals surface area contributed by atoms with Gasteiger partial charge in [-0.15, -0.1) is 0 Å². The van der Waals surface area contributed by atoms with E-state index in [9.17, 15) is 4.79 Å². The number of carbonyl (C=O) groups is 1. The molecule has 1 aliphatic heterocycles. The maximum atomic E-state index is 11.5. The van der Waals surface area contributed by atoms with E-state index in [0.29, 0.717) is 11.0 Å². The molecule has 0 aromatic heterocycles. The molecule has 0 aliphatic carbocycles. The molecule has 1 amide bonds. The van der Waals surface area contributed by atoms with Crippen LogP contribution in [0.25, 0.3) is 0 Å². The van der Waals surface area contributed by atoms with Crippen LogP contribution in [-0.4, -0.2) is 23.9 Å². The number of piperidine rings is 1. The van der Waals surface area contributed by atoms with E-state index in [2.05, 4.69) is 30.2 Å². The highest BCUT2D eigenvalue weighted by molar-refractivity contribution is 5.93. The predicted octanol–water partition coefficient (Wildman–Crippen LogP) is 1.91. The highest BCUT2D eigenvalue weighted by Gasteiger charge is 2.25. The zero-order valence-corrected chi connectivity index (χ0v) is 11.8. The number of nitrogens with one attached hydrogen (secondary N) is 1. The van der Waals surface area contributed by atoms with Crippen LogP contribution in [0.2, 0.25) is 0 Å². The first-order chi connectivity index (χ1) is 9.00. The van der Waals surface area contributed by atoms with E-state index in [1.807, 2.05) is 12.1 Å². The number of nitrogens with two attached hydrogens (primary N) is 1. The van der Waals surface area contributed by atoms with Gasteiger partial charge in [-0.1, -0.05) is 26.0 Å². The van der Waals surface area contributed by atoms with Gasteiger partial charge in [0.15, 0.2) is 0 Å². The van der Waals surface area contributed by atoms with Crippen molar-refractivity contribution in [3.05, 3.63) is 35.4 Å². The van der Waals surface area contributed by atoms with Crippen molar-refractivity contribution in [1.29, 1.82) is 0 Å². The van der Waals surface area contributed by atoms with Crippen molar-refractivity contribution in [3.8, 4) is 0 Å². The number of hydrogen-bond donors (Lipinski definition) is 2. The summed E-state index contributed by atoms with van der Waals surface area (Å²) in [5.41, 5.74) is 4.43. The number of likely N-dealkylation sites (tertiary alicyclic amines) is 1. The summed E-state index contributed by atoms with van der Waals surface area (Å²) in [6.45, 7) is 7.81. The average molecular weight is 261 g/mol. The first-order valence-corrected chi connectivity index (χ1v) is 6.82. The van der Waals surface area contributed by atoms with Gasteiger partial charge in [0.2, 0.25) is 0 Å². The van der Waals surface area contributed by atoms with Crippen molar-refractivity contribution in [1.82, 2.24) is 10.3 Å². The summed E-state index contributed by atoms with van der Waals surface area (Å²) in [6, 6.07) is 7.67. The summed E-state index contributed by atoms with van der Waals surface area (Å²) in [7, 11) is 0. The molecule has 0 saturated carbocycles. The number of benzene rings is 1. The Bertz CT molecular complexity index is 446. The first kappa shape index (κ1) is 14.0. The number of nitrogen functional groups attached to an aromatic ring is 1. The molecule has 0 radical (unpaired) electrons. The molecule has 19 heavy (non-hydrogen) atoms. The van der Waals surface area contributed by atoms with Gasteiger partial charge in [-0.3, -0.25) is 15.1 Å². The smallest absolute Gasteiger partial charge is 0.265 e. The van der Waals surface area contributed by atoms with Crippen LogP contribution in [0.3, 0.4) is 0 Å². The number of rotatable bonds is 3. The Hall–Kier alpha value is -1.39. The summed E-state index contributed by atoms with van der Waals surface area (Å²) in [6.07, 6.45) is 2.46. The lowest BCUT2D eigenvalue weighted by Gasteiger charge is -2.36. The van der Waals surface area contributed by atoms with E-state index in [4.69, 9.17) is 5.84 Å². The number of hydrogen-bond acceptors (Lipinski definition) is 3. The highest BCUT2D eigenvalue weighted by Crippen LogP contribution is 2.30. The molecule has 1 aromatic rings. The van der Waals surface area contributed by atoms with Gasteiger partial charge < -0.3 is 0 Å². The van der Waals surface area contributed by atoms with Gasteiger partial charge in [0.05, 0.1) is 0 Å². The third-order valence-corrected chi connectivity index (χ3v) is 3.94. The van der Waals surface area contributed by atoms with Crippen LogP contribution in [0.5, 0.6) is 0 Å². The second-order valence-corrected chi connectivity index (χ2v) is 6.11. The number of nitrogens with zero attached hydrogens (tertiary/aromatic N) is 1. The highest BCUT2D eigenvalue weighted by atomic mass is 16.2. The summed E-state index contributed by atoms with van der Waals surface area (Å²) >= 11 is 0. The van der Waals surface area contributed by atoms with Gasteiger partial charge in [0, 0.05) is 12.1 Å². The standard InChI is InChI=1S/C15H23N3O/c1-15(2)6-8-18(9-7-15)11-12-4-3-5-13(10-12)14(19)17-16/h3-5,10H,6-9,11,16H2,1-2H3,(H,17,19). The summed E-state index contributed by atoms with van der Waals surface area (Å²) in [5, 5.41) is 0. The minimum Gasteiger partial charge on any atom is -0.299 e. The van der Waals surface area contributed by atoms with Gasteiger partial charge in [0.1, 0.15) is 0 Å². The number of hydrazine groups is 1. The Morgan fingerprint density at radius 3 is 2.68 bits per heavy atom. The van der Waals surface area contributed by atoms with E-state index in [-0.39, 0.29) is 5.91 Å². The molecule has 0 unspecified atom stereocenters. The van der Waals surface area contributed by atoms with E-state index in [1.165, 1.54) is 18.4 Å². The molecule has 3 N–H and O–H groups in total. The summed E-state index contributed by atoms with van der Waals surface area (Å²) < 4.78 is 0. The lowest BCUT2D eigenvalue weighted by molar-refractivity contribution is 0.0953. The van der Waals surface area contributed by atoms with Crippen molar-refractivity contribution < 1.29 is 4.79 Å². The van der Waals surface area contributed by atoms with Crippen molar-refractivity contribution in [2.75, 3.05) is 13.1 Å². The molecule has 4 heteroatoms. The Morgan fingerprint density at radius 2 is 2.05 bits per heavy atom. The first-order valence-electron chi connectivity index (χ1n) is 6.82. The van der Waals surface area contributed by atoms with Crippen molar-refractivity contribution in [2.24, 2.45) is 11.3 Å². The molecule has 1 fully saturated rings.